The fourth-order valence-electron chi connectivity index (χ4n) is 4.83. The van der Waals surface area contributed by atoms with E-state index in [1.54, 1.807) is 0 Å². The van der Waals surface area contributed by atoms with Gasteiger partial charge in [-0.2, -0.15) is 0 Å². The molecule has 1 aromatic carbocycles. The predicted octanol–water partition coefficient (Wildman–Crippen LogP) is 3.53. The maximum Gasteiger partial charge on any atom is 0.193 e. The number of nitrogens with one attached hydrogen (secondary N) is 1. The molecule has 1 N–H and O–H groups in total. The number of likely N-dealkylation sites (tertiary alicyclic amines) is 1. The number of hydrogen-bond donors (Lipinski definition) is 1. The van der Waals surface area contributed by atoms with E-state index >= 15 is 0 Å². The van der Waals surface area contributed by atoms with Crippen LogP contribution in [0.5, 0.6) is 11.5 Å². The number of benzene rings is 1. The van der Waals surface area contributed by atoms with Crippen molar-refractivity contribution in [2.45, 2.75) is 77.2 Å². The SMILES string of the molecule is CCOc1cc2c(cc1CNC(=NC)N1CCC(OCC3CCCCO3)CC1)OC(C)C2. The summed E-state index contributed by atoms with van der Waals surface area (Å²) in [5.74, 6) is 2.84. The first kappa shape index (κ1) is 23.2. The Morgan fingerprint density at radius 1 is 1.22 bits per heavy atom. The maximum atomic E-state index is 6.16. The molecule has 178 valence electrons. The predicted molar refractivity (Wildman–Crippen MR) is 126 cm³/mol. The zero-order valence-electron chi connectivity index (χ0n) is 19.9. The lowest BCUT2D eigenvalue weighted by Gasteiger charge is -2.35. The normalized spacial score (nSPS) is 24.2. The molecule has 0 saturated carbocycles. The third-order valence-electron chi connectivity index (χ3n) is 6.56. The molecule has 3 aliphatic rings. The van der Waals surface area contributed by atoms with Crippen LogP contribution in [-0.2, 0) is 22.4 Å². The van der Waals surface area contributed by atoms with Crippen molar-refractivity contribution < 1.29 is 18.9 Å². The highest BCUT2D eigenvalue weighted by molar-refractivity contribution is 5.80. The molecule has 2 unspecified atom stereocenters. The molecule has 32 heavy (non-hydrogen) atoms. The molecule has 3 aliphatic heterocycles. The lowest BCUT2D eigenvalue weighted by Crippen LogP contribution is -2.47. The molecule has 2 saturated heterocycles. The smallest absolute Gasteiger partial charge is 0.193 e. The van der Waals surface area contributed by atoms with Crippen molar-refractivity contribution in [1.82, 2.24) is 10.2 Å². The van der Waals surface area contributed by atoms with E-state index in [-0.39, 0.29) is 12.2 Å². The largest absolute Gasteiger partial charge is 0.494 e. The highest BCUT2D eigenvalue weighted by Gasteiger charge is 2.25. The summed E-state index contributed by atoms with van der Waals surface area (Å²) >= 11 is 0. The van der Waals surface area contributed by atoms with Crippen LogP contribution in [0.25, 0.3) is 0 Å². The highest BCUT2D eigenvalue weighted by Crippen LogP contribution is 2.35. The third kappa shape index (κ3) is 5.87. The maximum absolute atomic E-state index is 6.16. The zero-order chi connectivity index (χ0) is 22.3. The van der Waals surface area contributed by atoms with Crippen LogP contribution < -0.4 is 14.8 Å². The van der Waals surface area contributed by atoms with Gasteiger partial charge in [-0.25, -0.2) is 0 Å². The molecule has 4 rings (SSSR count). The molecule has 0 bridgehead atoms. The Balaban J connectivity index is 1.28. The van der Waals surface area contributed by atoms with Crippen LogP contribution in [0, 0.1) is 0 Å². The third-order valence-corrected chi connectivity index (χ3v) is 6.56. The van der Waals surface area contributed by atoms with Crippen LogP contribution in [0.4, 0.5) is 0 Å². The van der Waals surface area contributed by atoms with Crippen LogP contribution in [0.2, 0.25) is 0 Å². The summed E-state index contributed by atoms with van der Waals surface area (Å²) in [5.41, 5.74) is 2.33. The van der Waals surface area contributed by atoms with Gasteiger partial charge in [0.2, 0.25) is 0 Å². The van der Waals surface area contributed by atoms with Gasteiger partial charge in [0.1, 0.15) is 17.6 Å². The van der Waals surface area contributed by atoms with Crippen molar-refractivity contribution in [3.8, 4) is 11.5 Å². The van der Waals surface area contributed by atoms with Gasteiger partial charge in [0.05, 0.1) is 25.4 Å². The summed E-state index contributed by atoms with van der Waals surface area (Å²) in [7, 11) is 1.85. The van der Waals surface area contributed by atoms with Gasteiger partial charge >= 0.3 is 0 Å². The summed E-state index contributed by atoms with van der Waals surface area (Å²) < 4.78 is 23.8. The lowest BCUT2D eigenvalue weighted by molar-refractivity contribution is -0.0721. The Morgan fingerprint density at radius 2 is 2.06 bits per heavy atom. The minimum absolute atomic E-state index is 0.226. The standard InChI is InChI=1S/C25H39N3O4/c1-4-29-23-14-19-13-18(2)32-24(19)15-20(23)16-27-25(26-3)28-10-8-21(9-11-28)31-17-22-7-5-6-12-30-22/h14-15,18,21-22H,4-13,16-17H2,1-3H3,(H,26,27). The van der Waals surface area contributed by atoms with E-state index in [0.29, 0.717) is 19.3 Å². The average molecular weight is 446 g/mol. The number of hydrogen-bond acceptors (Lipinski definition) is 5. The van der Waals surface area contributed by atoms with Gasteiger partial charge < -0.3 is 29.2 Å². The van der Waals surface area contributed by atoms with E-state index in [9.17, 15) is 0 Å². The Morgan fingerprint density at radius 3 is 2.78 bits per heavy atom. The molecule has 0 spiro atoms. The minimum Gasteiger partial charge on any atom is -0.494 e. The molecule has 7 nitrogen and oxygen atoms in total. The number of fused-ring (bicyclic) bond motifs is 1. The molecule has 1 aromatic rings. The summed E-state index contributed by atoms with van der Waals surface area (Å²) in [4.78, 5) is 6.85. The van der Waals surface area contributed by atoms with E-state index in [0.717, 1.165) is 75.0 Å². The monoisotopic (exact) mass is 445 g/mol. The highest BCUT2D eigenvalue weighted by atomic mass is 16.5. The van der Waals surface area contributed by atoms with Gasteiger partial charge in [-0.3, -0.25) is 4.99 Å². The lowest BCUT2D eigenvalue weighted by atomic mass is 10.1. The molecule has 7 heteroatoms. The van der Waals surface area contributed by atoms with Crippen LogP contribution in [0.15, 0.2) is 17.1 Å². The molecular formula is C25H39N3O4. The van der Waals surface area contributed by atoms with Crippen LogP contribution >= 0.6 is 0 Å². The number of rotatable bonds is 7. The zero-order valence-corrected chi connectivity index (χ0v) is 19.9. The van der Waals surface area contributed by atoms with Crippen LogP contribution in [0.3, 0.4) is 0 Å². The molecule has 2 atom stereocenters. The number of aliphatic imine (C=N–C) groups is 1. The van der Waals surface area contributed by atoms with Gasteiger partial charge in [0, 0.05) is 50.8 Å². The average Bonchev–Trinajstić information content (AvgIpc) is 3.18. The Bertz CT molecular complexity index is 771. The number of ether oxygens (including phenoxy) is 4. The summed E-state index contributed by atoms with van der Waals surface area (Å²) in [6, 6.07) is 4.26. The number of guanidine groups is 1. The molecule has 0 amide bonds. The van der Waals surface area contributed by atoms with Crippen molar-refractivity contribution in [3.05, 3.63) is 23.3 Å². The van der Waals surface area contributed by atoms with Gasteiger partial charge in [-0.05, 0) is 58.1 Å². The van der Waals surface area contributed by atoms with Crippen LogP contribution in [-0.4, -0.2) is 69.1 Å². The van der Waals surface area contributed by atoms with Gasteiger partial charge in [-0.15, -0.1) is 0 Å². The van der Waals surface area contributed by atoms with Gasteiger partial charge in [0.25, 0.3) is 0 Å². The quantitative estimate of drug-likeness (QED) is 0.512. The Hall–Kier alpha value is -1.99. The first-order valence-corrected chi connectivity index (χ1v) is 12.3. The van der Waals surface area contributed by atoms with Crippen molar-refractivity contribution in [1.29, 1.82) is 0 Å². The number of piperidine rings is 1. The topological polar surface area (TPSA) is 64.6 Å². The van der Waals surface area contributed by atoms with E-state index in [1.807, 2.05) is 14.0 Å². The molecule has 0 aliphatic carbocycles. The fraction of sp³-hybridized carbons (Fsp3) is 0.720. The van der Waals surface area contributed by atoms with Gasteiger partial charge in [0.15, 0.2) is 5.96 Å². The molecular weight excluding hydrogens is 406 g/mol. The van der Waals surface area contributed by atoms with E-state index < -0.39 is 0 Å². The Labute approximate surface area is 192 Å². The molecule has 0 radical (unpaired) electrons. The van der Waals surface area contributed by atoms with E-state index in [2.05, 4.69) is 34.3 Å². The van der Waals surface area contributed by atoms with Crippen molar-refractivity contribution in [2.75, 3.05) is 40.0 Å². The first-order valence-electron chi connectivity index (χ1n) is 12.3. The van der Waals surface area contributed by atoms with Crippen molar-refractivity contribution >= 4 is 5.96 Å². The summed E-state index contributed by atoms with van der Waals surface area (Å²) in [6.07, 6.45) is 7.37. The molecule has 2 fully saturated rings. The van der Waals surface area contributed by atoms with E-state index in [1.165, 1.54) is 18.4 Å². The summed E-state index contributed by atoms with van der Waals surface area (Å²) in [6.45, 7) is 8.94. The van der Waals surface area contributed by atoms with Crippen molar-refractivity contribution in [3.63, 3.8) is 0 Å². The molecule has 3 heterocycles. The number of nitrogens with zero attached hydrogens (tertiary/aromatic N) is 2. The molecule has 0 aromatic heterocycles. The van der Waals surface area contributed by atoms with E-state index in [4.69, 9.17) is 18.9 Å². The van der Waals surface area contributed by atoms with Gasteiger partial charge in [-0.1, -0.05) is 0 Å². The summed E-state index contributed by atoms with van der Waals surface area (Å²) in [5, 5.41) is 3.53. The second-order valence-corrected chi connectivity index (χ2v) is 9.04. The van der Waals surface area contributed by atoms with Crippen LogP contribution in [0.1, 0.15) is 57.1 Å². The Kier molecular flexibility index (Phi) is 8.14. The second-order valence-electron chi connectivity index (χ2n) is 9.04. The minimum atomic E-state index is 0.226. The van der Waals surface area contributed by atoms with Crippen molar-refractivity contribution in [2.24, 2.45) is 4.99 Å². The second kappa shape index (κ2) is 11.2. The first-order chi connectivity index (χ1) is 15.7. The fourth-order valence-corrected chi connectivity index (χ4v) is 4.83.